The van der Waals surface area contributed by atoms with Crippen molar-refractivity contribution in [3.63, 3.8) is 0 Å². The van der Waals surface area contributed by atoms with E-state index in [2.05, 4.69) is 11.9 Å². The van der Waals surface area contributed by atoms with Crippen LogP contribution in [-0.2, 0) is 22.6 Å². The average Bonchev–Trinajstić information content (AvgIpc) is 2.89. The Labute approximate surface area is 213 Å². The van der Waals surface area contributed by atoms with Crippen molar-refractivity contribution in [2.45, 2.75) is 65.1 Å². The summed E-state index contributed by atoms with van der Waals surface area (Å²) < 4.78 is 23.1. The Bertz CT molecular complexity index is 1100. The van der Waals surface area contributed by atoms with Crippen LogP contribution in [-0.4, -0.2) is 42.5 Å². The maximum absolute atomic E-state index is 11.4. The Morgan fingerprint density at radius 3 is 2.42 bits per heavy atom. The minimum Gasteiger partial charge on any atom is -0.497 e. The number of aromatic nitrogens is 1. The molecule has 0 amide bonds. The molecule has 0 aliphatic heterocycles. The Morgan fingerprint density at radius 1 is 0.972 bits per heavy atom. The largest absolute Gasteiger partial charge is 0.497 e. The van der Waals surface area contributed by atoms with Gasteiger partial charge in [0.1, 0.15) is 23.9 Å². The Kier molecular flexibility index (Phi) is 10.8. The zero-order valence-electron chi connectivity index (χ0n) is 21.5. The predicted molar refractivity (Wildman–Crippen MR) is 140 cm³/mol. The third kappa shape index (κ3) is 7.85. The number of hydrogen-bond donors (Lipinski definition) is 1. The van der Waals surface area contributed by atoms with Gasteiger partial charge in [0.2, 0.25) is 0 Å². The van der Waals surface area contributed by atoms with Crippen LogP contribution in [0.1, 0.15) is 57.1 Å². The summed E-state index contributed by atoms with van der Waals surface area (Å²) >= 11 is 0. The first-order valence-electron chi connectivity index (χ1n) is 12.7. The molecule has 0 radical (unpaired) electrons. The lowest BCUT2D eigenvalue weighted by atomic mass is 10.1. The molecule has 0 aliphatic carbocycles. The highest BCUT2D eigenvalue weighted by molar-refractivity contribution is 5.87. The van der Waals surface area contributed by atoms with Crippen LogP contribution in [0.15, 0.2) is 48.7 Å². The van der Waals surface area contributed by atoms with Gasteiger partial charge in [0.25, 0.3) is 0 Å². The van der Waals surface area contributed by atoms with Crippen LogP contribution in [0.25, 0.3) is 10.9 Å². The summed E-state index contributed by atoms with van der Waals surface area (Å²) in [5.41, 5.74) is 2.57. The zero-order valence-corrected chi connectivity index (χ0v) is 21.5. The summed E-state index contributed by atoms with van der Waals surface area (Å²) in [7, 11) is 1.65. The summed E-state index contributed by atoms with van der Waals surface area (Å²) in [6.45, 7) is 5.27. The van der Waals surface area contributed by atoms with Crippen molar-refractivity contribution in [3.05, 3.63) is 59.8 Å². The van der Waals surface area contributed by atoms with E-state index in [0.29, 0.717) is 32.0 Å². The Hall–Kier alpha value is -3.32. The van der Waals surface area contributed by atoms with E-state index >= 15 is 0 Å². The van der Waals surface area contributed by atoms with Crippen molar-refractivity contribution in [2.75, 3.05) is 20.3 Å². The van der Waals surface area contributed by atoms with Gasteiger partial charge in [0.05, 0.1) is 24.8 Å². The second kappa shape index (κ2) is 14.3. The number of hydrogen-bond acceptors (Lipinski definition) is 6. The number of nitrogens with zero attached hydrogens (tertiary/aromatic N) is 1. The third-order valence-corrected chi connectivity index (χ3v) is 5.98. The van der Waals surface area contributed by atoms with Crippen LogP contribution < -0.4 is 14.2 Å². The first-order valence-corrected chi connectivity index (χ1v) is 12.7. The number of carbonyl (C=O) groups is 1. The van der Waals surface area contributed by atoms with Crippen molar-refractivity contribution < 1.29 is 28.8 Å². The first-order chi connectivity index (χ1) is 17.5. The van der Waals surface area contributed by atoms with Crippen LogP contribution >= 0.6 is 0 Å². The summed E-state index contributed by atoms with van der Waals surface area (Å²) in [5.74, 6) is 1.23. The number of carboxylic acids is 1. The van der Waals surface area contributed by atoms with Gasteiger partial charge < -0.3 is 24.1 Å². The van der Waals surface area contributed by atoms with E-state index < -0.39 is 12.1 Å². The highest BCUT2D eigenvalue weighted by Gasteiger charge is 2.18. The van der Waals surface area contributed by atoms with Gasteiger partial charge in [0.15, 0.2) is 6.10 Å². The number of methoxy groups -OCH3 is 1. The molecule has 7 nitrogen and oxygen atoms in total. The molecule has 7 heteroatoms. The summed E-state index contributed by atoms with van der Waals surface area (Å²) in [5, 5.41) is 10.2. The van der Waals surface area contributed by atoms with Gasteiger partial charge in [-0.3, -0.25) is 4.98 Å². The quantitative estimate of drug-likeness (QED) is 0.237. The molecule has 1 N–H and O–H groups in total. The number of rotatable bonds is 16. The lowest BCUT2D eigenvalue weighted by molar-refractivity contribution is -0.149. The van der Waals surface area contributed by atoms with Crippen LogP contribution in [0.5, 0.6) is 17.2 Å². The van der Waals surface area contributed by atoms with Crippen LogP contribution in [0.2, 0.25) is 0 Å². The van der Waals surface area contributed by atoms with Crippen LogP contribution in [0.4, 0.5) is 0 Å². The van der Waals surface area contributed by atoms with Gasteiger partial charge in [-0.25, -0.2) is 4.79 Å². The molecule has 0 saturated carbocycles. The fourth-order valence-electron chi connectivity index (χ4n) is 3.98. The van der Waals surface area contributed by atoms with Gasteiger partial charge >= 0.3 is 5.97 Å². The summed E-state index contributed by atoms with van der Waals surface area (Å²) in [6.07, 6.45) is 7.06. The number of ether oxygens (including phenoxy) is 4. The molecule has 0 saturated heterocycles. The van der Waals surface area contributed by atoms with E-state index in [0.717, 1.165) is 46.4 Å². The number of fused-ring (bicyclic) bond motifs is 1. The molecule has 36 heavy (non-hydrogen) atoms. The lowest BCUT2D eigenvalue weighted by Gasteiger charge is -2.16. The number of unbranched alkanes of at least 4 members (excludes halogenated alkanes) is 4. The highest BCUT2D eigenvalue weighted by atomic mass is 16.5. The number of benzene rings is 2. The normalized spacial score (nSPS) is 11.9. The lowest BCUT2D eigenvalue weighted by Crippen LogP contribution is -2.26. The molecule has 0 spiro atoms. The van der Waals surface area contributed by atoms with E-state index in [9.17, 15) is 9.90 Å². The average molecular weight is 496 g/mol. The molecule has 2 aromatic carbocycles. The van der Waals surface area contributed by atoms with Crippen molar-refractivity contribution in [1.82, 2.24) is 4.98 Å². The molecule has 1 unspecified atom stereocenters. The molecule has 0 fully saturated rings. The molecule has 3 aromatic rings. The molecular weight excluding hydrogens is 458 g/mol. The van der Waals surface area contributed by atoms with Gasteiger partial charge in [0, 0.05) is 24.6 Å². The van der Waals surface area contributed by atoms with E-state index in [1.165, 1.54) is 19.3 Å². The summed E-state index contributed by atoms with van der Waals surface area (Å²) in [6, 6.07) is 13.2. The molecular formula is C29H37NO6. The topological polar surface area (TPSA) is 87.1 Å². The minimum atomic E-state index is -0.962. The molecule has 1 atom stereocenters. The van der Waals surface area contributed by atoms with Crippen LogP contribution in [0.3, 0.4) is 0 Å². The highest BCUT2D eigenvalue weighted by Crippen LogP contribution is 2.32. The Morgan fingerprint density at radius 2 is 1.72 bits per heavy atom. The second-order valence-electron chi connectivity index (χ2n) is 8.68. The third-order valence-electron chi connectivity index (χ3n) is 5.98. The SMILES string of the molecule is CCCCCCCOc1c(COc2ccc(CC(OCC)C(=O)O)cc2)cnc2ccc(OC)cc12. The fraction of sp³-hybridized carbons (Fsp3) is 0.448. The maximum atomic E-state index is 11.4. The van der Waals surface area contributed by atoms with Gasteiger partial charge in [-0.05, 0) is 49.2 Å². The zero-order chi connectivity index (χ0) is 25.8. The fourth-order valence-corrected chi connectivity index (χ4v) is 3.98. The molecule has 194 valence electrons. The Balaban J connectivity index is 1.71. The van der Waals surface area contributed by atoms with E-state index in [1.54, 1.807) is 20.2 Å². The number of aliphatic carboxylic acids is 1. The van der Waals surface area contributed by atoms with Crippen molar-refractivity contribution in [3.8, 4) is 17.2 Å². The molecule has 1 aromatic heterocycles. The van der Waals surface area contributed by atoms with Crippen molar-refractivity contribution in [2.24, 2.45) is 0 Å². The molecule has 0 bridgehead atoms. The van der Waals surface area contributed by atoms with Gasteiger partial charge in [-0.2, -0.15) is 0 Å². The monoisotopic (exact) mass is 495 g/mol. The first kappa shape index (κ1) is 27.3. The van der Waals surface area contributed by atoms with Crippen molar-refractivity contribution >= 4 is 16.9 Å². The molecule has 3 rings (SSSR count). The standard InChI is InChI=1S/C29H37NO6/c1-4-6-7-8-9-16-35-28-22(19-30-26-15-14-24(33-3)18-25(26)28)20-36-23-12-10-21(11-13-23)17-27(29(31)32)34-5-2/h10-15,18-19,27H,4-9,16-17,20H2,1-3H3,(H,31,32). The number of pyridine rings is 1. The second-order valence-corrected chi connectivity index (χ2v) is 8.68. The minimum absolute atomic E-state index is 0.293. The molecule has 0 aliphatic rings. The smallest absolute Gasteiger partial charge is 0.333 e. The molecule has 1 heterocycles. The van der Waals surface area contributed by atoms with Gasteiger partial charge in [-0.15, -0.1) is 0 Å². The summed E-state index contributed by atoms with van der Waals surface area (Å²) in [4.78, 5) is 15.9. The van der Waals surface area contributed by atoms with E-state index in [-0.39, 0.29) is 0 Å². The maximum Gasteiger partial charge on any atom is 0.333 e. The van der Waals surface area contributed by atoms with Gasteiger partial charge in [-0.1, -0.05) is 44.7 Å². The van der Waals surface area contributed by atoms with E-state index in [4.69, 9.17) is 18.9 Å². The number of carboxylic acid groups (broad SMARTS) is 1. The van der Waals surface area contributed by atoms with E-state index in [1.807, 2.05) is 42.5 Å². The van der Waals surface area contributed by atoms with Crippen molar-refractivity contribution in [1.29, 1.82) is 0 Å². The van der Waals surface area contributed by atoms with Crippen LogP contribution in [0, 0.1) is 0 Å². The predicted octanol–water partition coefficient (Wildman–Crippen LogP) is 6.20.